The molecule has 1 aliphatic rings. The van der Waals surface area contributed by atoms with Gasteiger partial charge in [-0.3, -0.25) is 0 Å². The zero-order valence-electron chi connectivity index (χ0n) is 12.6. The first kappa shape index (κ1) is 14.3. The normalized spacial score (nSPS) is 17.3. The minimum atomic E-state index is 0.375. The smallest absolute Gasteiger partial charge is 0.135 e. The van der Waals surface area contributed by atoms with Crippen LogP contribution in [0.3, 0.4) is 0 Å². The second kappa shape index (κ2) is 5.87. The van der Waals surface area contributed by atoms with Crippen LogP contribution >= 0.6 is 0 Å². The number of piperidine rings is 1. The molecule has 19 heavy (non-hydrogen) atoms. The van der Waals surface area contributed by atoms with E-state index >= 15 is 0 Å². The molecule has 106 valence electrons. The summed E-state index contributed by atoms with van der Waals surface area (Å²) >= 11 is 0. The van der Waals surface area contributed by atoms with Gasteiger partial charge in [0.15, 0.2) is 0 Å². The fourth-order valence-electron chi connectivity index (χ4n) is 2.58. The summed E-state index contributed by atoms with van der Waals surface area (Å²) in [5, 5.41) is 0. The van der Waals surface area contributed by atoms with Crippen molar-refractivity contribution in [3.63, 3.8) is 0 Å². The van der Waals surface area contributed by atoms with Crippen molar-refractivity contribution in [3.8, 4) is 0 Å². The van der Waals surface area contributed by atoms with Crippen molar-refractivity contribution in [2.45, 2.75) is 46.5 Å². The molecular weight excluding hydrogens is 236 g/mol. The van der Waals surface area contributed by atoms with Gasteiger partial charge in [0, 0.05) is 30.3 Å². The Balaban J connectivity index is 2.24. The van der Waals surface area contributed by atoms with Crippen LogP contribution in [0.25, 0.3) is 0 Å². The average molecular weight is 262 g/mol. The Hall–Kier alpha value is -1.16. The van der Waals surface area contributed by atoms with Crippen molar-refractivity contribution < 1.29 is 0 Å². The summed E-state index contributed by atoms with van der Waals surface area (Å²) in [6, 6.07) is 0. The van der Waals surface area contributed by atoms with Crippen molar-refractivity contribution in [2.24, 2.45) is 11.7 Å². The Bertz CT molecular complexity index is 434. The second-order valence-corrected chi connectivity index (χ2v) is 5.94. The molecule has 0 aromatic carbocycles. The predicted molar refractivity (Wildman–Crippen MR) is 79.6 cm³/mol. The van der Waals surface area contributed by atoms with Crippen molar-refractivity contribution in [1.29, 1.82) is 0 Å². The number of rotatable bonds is 3. The molecular formula is C15H26N4. The highest BCUT2D eigenvalue weighted by Crippen LogP contribution is 2.26. The molecule has 0 aliphatic carbocycles. The zero-order chi connectivity index (χ0) is 14.0. The fraction of sp³-hybridized carbons (Fsp3) is 0.733. The standard InChI is InChI=1S/C15H26N4/c1-10(2)14-17-12(4)11(3)15(18-14)19-7-5-13(9-16)6-8-19/h10,13H,5-9,16H2,1-4H3. The van der Waals surface area contributed by atoms with Crippen molar-refractivity contribution in [2.75, 3.05) is 24.5 Å². The summed E-state index contributed by atoms with van der Waals surface area (Å²) in [5.74, 6) is 3.15. The van der Waals surface area contributed by atoms with E-state index in [1.807, 2.05) is 0 Å². The highest BCUT2D eigenvalue weighted by molar-refractivity contribution is 5.48. The second-order valence-electron chi connectivity index (χ2n) is 5.94. The van der Waals surface area contributed by atoms with Crippen LogP contribution in [0.15, 0.2) is 0 Å². The summed E-state index contributed by atoms with van der Waals surface area (Å²) in [6.07, 6.45) is 2.35. The summed E-state index contributed by atoms with van der Waals surface area (Å²) in [5.41, 5.74) is 8.09. The maximum absolute atomic E-state index is 5.76. The molecule has 1 fully saturated rings. The van der Waals surface area contributed by atoms with Crippen LogP contribution < -0.4 is 10.6 Å². The molecule has 0 atom stereocenters. The van der Waals surface area contributed by atoms with Crippen LogP contribution in [-0.2, 0) is 0 Å². The van der Waals surface area contributed by atoms with Crippen molar-refractivity contribution in [3.05, 3.63) is 17.1 Å². The van der Waals surface area contributed by atoms with E-state index in [0.717, 1.165) is 37.0 Å². The molecule has 1 aromatic rings. The summed E-state index contributed by atoms with van der Waals surface area (Å²) < 4.78 is 0. The van der Waals surface area contributed by atoms with Gasteiger partial charge in [0.25, 0.3) is 0 Å². The molecule has 0 unspecified atom stereocenters. The van der Waals surface area contributed by atoms with E-state index in [1.165, 1.54) is 18.4 Å². The van der Waals surface area contributed by atoms with Crippen LogP contribution in [0.4, 0.5) is 5.82 Å². The van der Waals surface area contributed by atoms with Crippen molar-refractivity contribution in [1.82, 2.24) is 9.97 Å². The van der Waals surface area contributed by atoms with Gasteiger partial charge in [-0.2, -0.15) is 0 Å². The SMILES string of the molecule is Cc1nc(C(C)C)nc(N2CCC(CN)CC2)c1C. The third-order valence-corrected chi connectivity index (χ3v) is 4.14. The zero-order valence-corrected chi connectivity index (χ0v) is 12.6. The number of aromatic nitrogens is 2. The summed E-state index contributed by atoms with van der Waals surface area (Å²) in [7, 11) is 0. The van der Waals surface area contributed by atoms with Gasteiger partial charge >= 0.3 is 0 Å². The first-order valence-corrected chi connectivity index (χ1v) is 7.33. The van der Waals surface area contributed by atoms with Gasteiger partial charge in [-0.1, -0.05) is 13.8 Å². The monoisotopic (exact) mass is 262 g/mol. The minimum absolute atomic E-state index is 0.375. The minimum Gasteiger partial charge on any atom is -0.356 e. The van der Waals surface area contributed by atoms with Gasteiger partial charge in [0.2, 0.25) is 0 Å². The third-order valence-electron chi connectivity index (χ3n) is 4.14. The average Bonchev–Trinajstić information content (AvgIpc) is 2.41. The Morgan fingerprint density at radius 3 is 2.37 bits per heavy atom. The maximum Gasteiger partial charge on any atom is 0.135 e. The van der Waals surface area contributed by atoms with Gasteiger partial charge in [0.1, 0.15) is 11.6 Å². The van der Waals surface area contributed by atoms with Gasteiger partial charge in [-0.15, -0.1) is 0 Å². The van der Waals surface area contributed by atoms with E-state index in [0.29, 0.717) is 11.8 Å². The molecule has 1 aromatic heterocycles. The molecule has 0 amide bonds. The Morgan fingerprint density at radius 2 is 1.84 bits per heavy atom. The van der Waals surface area contributed by atoms with Gasteiger partial charge in [-0.25, -0.2) is 9.97 Å². The number of nitrogens with zero attached hydrogens (tertiary/aromatic N) is 3. The lowest BCUT2D eigenvalue weighted by molar-refractivity contribution is 0.412. The topological polar surface area (TPSA) is 55.0 Å². The summed E-state index contributed by atoms with van der Waals surface area (Å²) in [4.78, 5) is 11.8. The van der Waals surface area contributed by atoms with Gasteiger partial charge in [0.05, 0.1) is 0 Å². The van der Waals surface area contributed by atoms with E-state index in [9.17, 15) is 0 Å². The quantitative estimate of drug-likeness (QED) is 0.908. The molecule has 1 aliphatic heterocycles. The molecule has 0 bridgehead atoms. The molecule has 2 N–H and O–H groups in total. The van der Waals surface area contributed by atoms with Crippen LogP contribution in [0.5, 0.6) is 0 Å². The fourth-order valence-corrected chi connectivity index (χ4v) is 2.58. The number of nitrogens with two attached hydrogens (primary N) is 1. The van der Waals surface area contributed by atoms with E-state index < -0.39 is 0 Å². The van der Waals surface area contributed by atoms with E-state index in [2.05, 4.69) is 37.6 Å². The highest BCUT2D eigenvalue weighted by atomic mass is 15.2. The van der Waals surface area contributed by atoms with E-state index in [-0.39, 0.29) is 0 Å². The third kappa shape index (κ3) is 3.06. The van der Waals surface area contributed by atoms with Crippen LogP contribution in [0.2, 0.25) is 0 Å². The van der Waals surface area contributed by atoms with Crippen molar-refractivity contribution >= 4 is 5.82 Å². The molecule has 2 rings (SSSR count). The molecule has 4 heteroatoms. The maximum atomic E-state index is 5.76. The number of aryl methyl sites for hydroxylation is 1. The summed E-state index contributed by atoms with van der Waals surface area (Å²) in [6.45, 7) is 11.5. The van der Waals surface area contributed by atoms with Crippen LogP contribution in [0.1, 0.15) is 49.7 Å². The lowest BCUT2D eigenvalue weighted by atomic mass is 9.97. The van der Waals surface area contributed by atoms with Crippen LogP contribution in [-0.4, -0.2) is 29.6 Å². The first-order chi connectivity index (χ1) is 9.02. The first-order valence-electron chi connectivity index (χ1n) is 7.33. The lowest BCUT2D eigenvalue weighted by Crippen LogP contribution is -2.37. The predicted octanol–water partition coefficient (Wildman–Crippen LogP) is 2.39. The lowest BCUT2D eigenvalue weighted by Gasteiger charge is -2.33. The molecule has 2 heterocycles. The molecule has 0 radical (unpaired) electrons. The van der Waals surface area contributed by atoms with E-state index in [4.69, 9.17) is 10.7 Å². The molecule has 4 nitrogen and oxygen atoms in total. The number of hydrogen-bond donors (Lipinski definition) is 1. The van der Waals surface area contributed by atoms with E-state index in [1.54, 1.807) is 0 Å². The Labute approximate surface area is 116 Å². The Kier molecular flexibility index (Phi) is 4.40. The highest BCUT2D eigenvalue weighted by Gasteiger charge is 2.22. The largest absolute Gasteiger partial charge is 0.356 e. The van der Waals surface area contributed by atoms with Gasteiger partial charge < -0.3 is 10.6 Å². The van der Waals surface area contributed by atoms with Crippen LogP contribution in [0, 0.1) is 19.8 Å². The molecule has 1 saturated heterocycles. The molecule has 0 saturated carbocycles. The Morgan fingerprint density at radius 1 is 1.21 bits per heavy atom. The number of anilines is 1. The molecule has 0 spiro atoms. The van der Waals surface area contributed by atoms with Gasteiger partial charge in [-0.05, 0) is 39.2 Å². The number of hydrogen-bond acceptors (Lipinski definition) is 4.